The number of carbonyl (C=O) groups is 1. The van der Waals surface area contributed by atoms with E-state index >= 15 is 0 Å². The summed E-state index contributed by atoms with van der Waals surface area (Å²) in [5.74, 6) is 0.174. The van der Waals surface area contributed by atoms with Crippen molar-refractivity contribution in [2.24, 2.45) is 18.4 Å². The number of likely N-dealkylation sites (tertiary alicyclic amines) is 1. The van der Waals surface area contributed by atoms with Crippen LogP contribution >= 0.6 is 0 Å². The highest BCUT2D eigenvalue weighted by molar-refractivity contribution is 5.80. The van der Waals surface area contributed by atoms with Gasteiger partial charge in [0.2, 0.25) is 5.91 Å². The number of aromatic nitrogens is 2. The number of aryl methyl sites for hydroxylation is 2. The van der Waals surface area contributed by atoms with Gasteiger partial charge < -0.3 is 14.4 Å². The molecule has 0 aromatic carbocycles. The van der Waals surface area contributed by atoms with Crippen LogP contribution in [-0.2, 0) is 21.3 Å². The van der Waals surface area contributed by atoms with Gasteiger partial charge in [-0.2, -0.15) is 5.10 Å². The van der Waals surface area contributed by atoms with Crippen LogP contribution < -0.4 is 0 Å². The van der Waals surface area contributed by atoms with Crippen LogP contribution in [-0.4, -0.2) is 53.5 Å². The Bertz CT molecular complexity index is 648. The fraction of sp³-hybridized carbons (Fsp3) is 0.778. The van der Waals surface area contributed by atoms with Crippen molar-refractivity contribution < 1.29 is 14.3 Å². The van der Waals surface area contributed by atoms with E-state index in [4.69, 9.17) is 9.47 Å². The molecule has 1 spiro atoms. The molecule has 3 saturated heterocycles. The number of nitrogens with zero attached hydrogens (tertiary/aromatic N) is 3. The van der Waals surface area contributed by atoms with Crippen molar-refractivity contribution in [2.75, 3.05) is 32.9 Å². The summed E-state index contributed by atoms with van der Waals surface area (Å²) < 4.78 is 13.5. The molecule has 3 aliphatic heterocycles. The minimum Gasteiger partial charge on any atom is -0.381 e. The summed E-state index contributed by atoms with van der Waals surface area (Å²) in [6, 6.07) is 0. The molecule has 3 fully saturated rings. The second-order valence-corrected chi connectivity index (χ2v) is 7.71. The van der Waals surface area contributed by atoms with Gasteiger partial charge in [-0.05, 0) is 33.1 Å². The van der Waals surface area contributed by atoms with Gasteiger partial charge in [0.15, 0.2) is 0 Å². The van der Waals surface area contributed by atoms with Crippen molar-refractivity contribution in [3.05, 3.63) is 17.0 Å². The Morgan fingerprint density at radius 2 is 2.12 bits per heavy atom. The lowest BCUT2D eigenvalue weighted by Gasteiger charge is -2.26. The standard InChI is InChI=1S/C18H27N3O3/c1-12-15(13(2)20(3)19-12)16-14(4-8-24-16)17(22)21-7-5-18(10-21)6-9-23-11-18/h14,16H,4-11H2,1-3H3/t14-,16-,18-/m0/s1. The first-order valence-electron chi connectivity index (χ1n) is 8.99. The second-order valence-electron chi connectivity index (χ2n) is 7.71. The molecule has 132 valence electrons. The summed E-state index contributed by atoms with van der Waals surface area (Å²) in [6.45, 7) is 8.06. The Hall–Kier alpha value is -1.40. The average molecular weight is 333 g/mol. The number of hydrogen-bond donors (Lipinski definition) is 0. The highest BCUT2D eigenvalue weighted by Crippen LogP contribution is 2.42. The van der Waals surface area contributed by atoms with E-state index in [1.165, 1.54) is 0 Å². The SMILES string of the molecule is Cc1nn(C)c(C)c1[C@H]1OCC[C@@H]1C(=O)N1CC[C@]2(CCOC2)C1. The highest BCUT2D eigenvalue weighted by atomic mass is 16.5. The van der Waals surface area contributed by atoms with E-state index in [1.54, 1.807) is 0 Å². The molecule has 4 heterocycles. The van der Waals surface area contributed by atoms with E-state index in [9.17, 15) is 4.79 Å². The summed E-state index contributed by atoms with van der Waals surface area (Å²) in [5, 5.41) is 4.50. The zero-order chi connectivity index (χ0) is 16.9. The first-order chi connectivity index (χ1) is 11.5. The van der Waals surface area contributed by atoms with Crippen LogP contribution in [0.3, 0.4) is 0 Å². The quantitative estimate of drug-likeness (QED) is 0.827. The van der Waals surface area contributed by atoms with Crippen molar-refractivity contribution >= 4 is 5.91 Å². The number of ether oxygens (including phenoxy) is 2. The monoisotopic (exact) mass is 333 g/mol. The molecule has 1 aromatic heterocycles. The van der Waals surface area contributed by atoms with Crippen LogP contribution in [0.1, 0.15) is 42.3 Å². The third kappa shape index (κ3) is 2.47. The summed E-state index contributed by atoms with van der Waals surface area (Å²) in [4.78, 5) is 15.2. The van der Waals surface area contributed by atoms with Gasteiger partial charge in [0.05, 0.1) is 24.3 Å². The van der Waals surface area contributed by atoms with Gasteiger partial charge in [0.25, 0.3) is 0 Å². The van der Waals surface area contributed by atoms with Gasteiger partial charge in [-0.3, -0.25) is 9.48 Å². The van der Waals surface area contributed by atoms with Crippen LogP contribution in [0.2, 0.25) is 0 Å². The summed E-state index contributed by atoms with van der Waals surface area (Å²) in [7, 11) is 1.95. The number of amides is 1. The first-order valence-corrected chi connectivity index (χ1v) is 8.99. The Morgan fingerprint density at radius 1 is 1.29 bits per heavy atom. The topological polar surface area (TPSA) is 56.6 Å². The Balaban J connectivity index is 1.54. The summed E-state index contributed by atoms with van der Waals surface area (Å²) in [6.07, 6.45) is 2.81. The van der Waals surface area contributed by atoms with Crippen molar-refractivity contribution in [3.8, 4) is 0 Å². The zero-order valence-corrected chi connectivity index (χ0v) is 14.9. The number of rotatable bonds is 2. The molecule has 0 radical (unpaired) electrons. The van der Waals surface area contributed by atoms with E-state index in [0.717, 1.165) is 62.5 Å². The summed E-state index contributed by atoms with van der Waals surface area (Å²) in [5.41, 5.74) is 3.39. The maximum atomic E-state index is 13.2. The van der Waals surface area contributed by atoms with E-state index in [1.807, 2.05) is 18.7 Å². The maximum Gasteiger partial charge on any atom is 0.228 e. The van der Waals surface area contributed by atoms with Crippen LogP contribution in [0, 0.1) is 25.2 Å². The average Bonchev–Trinajstić information content (AvgIpc) is 3.32. The molecule has 1 aromatic rings. The van der Waals surface area contributed by atoms with E-state index < -0.39 is 0 Å². The summed E-state index contributed by atoms with van der Waals surface area (Å²) >= 11 is 0. The fourth-order valence-electron chi connectivity index (χ4n) is 4.66. The smallest absolute Gasteiger partial charge is 0.228 e. The molecule has 0 saturated carbocycles. The third-order valence-corrected chi connectivity index (χ3v) is 6.19. The molecule has 1 amide bonds. The van der Waals surface area contributed by atoms with Gasteiger partial charge in [-0.25, -0.2) is 0 Å². The van der Waals surface area contributed by atoms with Gasteiger partial charge in [-0.1, -0.05) is 0 Å². The largest absolute Gasteiger partial charge is 0.381 e. The highest BCUT2D eigenvalue weighted by Gasteiger charge is 2.46. The molecule has 0 aliphatic carbocycles. The van der Waals surface area contributed by atoms with Crippen molar-refractivity contribution in [2.45, 2.75) is 39.2 Å². The minimum atomic E-state index is -0.150. The van der Waals surface area contributed by atoms with Crippen molar-refractivity contribution in [3.63, 3.8) is 0 Å². The minimum absolute atomic E-state index is 0.0796. The molecule has 3 aliphatic rings. The van der Waals surface area contributed by atoms with Crippen LogP contribution in [0.4, 0.5) is 0 Å². The van der Waals surface area contributed by atoms with Crippen molar-refractivity contribution in [1.29, 1.82) is 0 Å². The number of hydrogen-bond acceptors (Lipinski definition) is 4. The Morgan fingerprint density at radius 3 is 2.79 bits per heavy atom. The van der Waals surface area contributed by atoms with Gasteiger partial charge in [-0.15, -0.1) is 0 Å². The normalized spacial score (nSPS) is 33.0. The first kappa shape index (κ1) is 16.1. The third-order valence-electron chi connectivity index (χ3n) is 6.19. The number of carbonyl (C=O) groups excluding carboxylic acids is 1. The van der Waals surface area contributed by atoms with Gasteiger partial charge in [0, 0.05) is 50.0 Å². The van der Waals surface area contributed by atoms with E-state index in [0.29, 0.717) is 6.61 Å². The van der Waals surface area contributed by atoms with Gasteiger partial charge in [0.1, 0.15) is 0 Å². The lowest BCUT2D eigenvalue weighted by molar-refractivity contribution is -0.136. The van der Waals surface area contributed by atoms with Gasteiger partial charge >= 0.3 is 0 Å². The van der Waals surface area contributed by atoms with E-state index in [-0.39, 0.29) is 23.3 Å². The lowest BCUT2D eigenvalue weighted by Crippen LogP contribution is -2.37. The Kier molecular flexibility index (Phi) is 3.92. The second kappa shape index (κ2) is 5.85. The molecule has 24 heavy (non-hydrogen) atoms. The lowest BCUT2D eigenvalue weighted by atomic mass is 9.86. The molecule has 0 unspecified atom stereocenters. The molecule has 6 heteroatoms. The zero-order valence-electron chi connectivity index (χ0n) is 14.9. The predicted octanol–water partition coefficient (Wildman–Crippen LogP) is 1.75. The molecule has 6 nitrogen and oxygen atoms in total. The van der Waals surface area contributed by atoms with Crippen LogP contribution in [0.15, 0.2) is 0 Å². The fourth-order valence-corrected chi connectivity index (χ4v) is 4.66. The van der Waals surface area contributed by atoms with Crippen LogP contribution in [0.5, 0.6) is 0 Å². The molecular weight excluding hydrogens is 306 g/mol. The van der Waals surface area contributed by atoms with Crippen LogP contribution in [0.25, 0.3) is 0 Å². The molecule has 0 bridgehead atoms. The Labute approximate surface area is 143 Å². The molecular formula is C18H27N3O3. The predicted molar refractivity (Wildman–Crippen MR) is 88.5 cm³/mol. The van der Waals surface area contributed by atoms with Crippen molar-refractivity contribution in [1.82, 2.24) is 14.7 Å². The molecule has 4 rings (SSSR count). The molecule has 3 atom stereocenters. The maximum absolute atomic E-state index is 13.2. The molecule has 0 N–H and O–H groups in total. The van der Waals surface area contributed by atoms with E-state index in [2.05, 4.69) is 16.9 Å².